The Bertz CT molecular complexity index is 974. The zero-order valence-corrected chi connectivity index (χ0v) is 22.3. The fourth-order valence-electron chi connectivity index (χ4n) is 2.92. The van der Waals surface area contributed by atoms with Gasteiger partial charge in [-0.3, -0.25) is 33.6 Å². The summed E-state index contributed by atoms with van der Waals surface area (Å²) in [4.78, 5) is 95.1. The highest BCUT2D eigenvalue weighted by Crippen LogP contribution is 2.01. The molecule has 0 aliphatic carbocycles. The molecule has 18 heteroatoms. The molecule has 226 valence electrons. The van der Waals surface area contributed by atoms with Crippen molar-refractivity contribution in [1.82, 2.24) is 31.9 Å². The predicted octanol–water partition coefficient (Wildman–Crippen LogP) is -5.09. The molecule has 0 aliphatic heterocycles. The molecule has 0 unspecified atom stereocenters. The van der Waals surface area contributed by atoms with Crippen LogP contribution in [0.2, 0.25) is 0 Å². The van der Waals surface area contributed by atoms with Gasteiger partial charge in [0.05, 0.1) is 13.2 Å². The van der Waals surface area contributed by atoms with Crippen molar-refractivity contribution in [2.75, 3.05) is 13.2 Å². The lowest BCUT2D eigenvalue weighted by molar-refractivity contribution is -0.143. The Balaban J connectivity index is 5.16. The highest BCUT2D eigenvalue weighted by atomic mass is 16.4. The molecule has 0 fully saturated rings. The molecule has 18 nitrogen and oxygen atoms in total. The Hall–Kier alpha value is -4.32. The Morgan fingerprint density at radius 2 is 0.925 bits per heavy atom. The molecular formula is C22H36N6O12. The summed E-state index contributed by atoms with van der Waals surface area (Å²) < 4.78 is 0. The second kappa shape index (κ2) is 17.3. The number of carboxylic acids is 2. The second-order valence-corrected chi connectivity index (χ2v) is 8.70. The first-order valence-corrected chi connectivity index (χ1v) is 12.0. The number of carbonyl (C=O) groups excluding carboxylic acids is 6. The van der Waals surface area contributed by atoms with Gasteiger partial charge in [0.2, 0.25) is 35.4 Å². The van der Waals surface area contributed by atoms with Crippen LogP contribution in [0.3, 0.4) is 0 Å². The van der Waals surface area contributed by atoms with Crippen LogP contribution in [0.5, 0.6) is 0 Å². The van der Waals surface area contributed by atoms with Gasteiger partial charge in [0, 0.05) is 13.3 Å². The molecule has 40 heavy (non-hydrogen) atoms. The third-order valence-corrected chi connectivity index (χ3v) is 5.21. The van der Waals surface area contributed by atoms with E-state index in [4.69, 9.17) is 15.3 Å². The van der Waals surface area contributed by atoms with E-state index < -0.39 is 110 Å². The maximum absolute atomic E-state index is 12.7. The third-order valence-electron chi connectivity index (χ3n) is 5.21. The number of rotatable bonds is 17. The van der Waals surface area contributed by atoms with Gasteiger partial charge >= 0.3 is 11.9 Å². The Kier molecular flexibility index (Phi) is 15.4. The second-order valence-electron chi connectivity index (χ2n) is 8.70. The van der Waals surface area contributed by atoms with Crippen molar-refractivity contribution in [2.24, 2.45) is 0 Å². The van der Waals surface area contributed by atoms with Crippen LogP contribution in [0.15, 0.2) is 0 Å². The zero-order valence-electron chi connectivity index (χ0n) is 22.3. The van der Waals surface area contributed by atoms with Gasteiger partial charge in [0.25, 0.3) is 0 Å². The van der Waals surface area contributed by atoms with Crippen molar-refractivity contribution >= 4 is 47.4 Å². The normalized spacial score (nSPS) is 15.1. The number of hydrogen-bond acceptors (Lipinski definition) is 10. The van der Waals surface area contributed by atoms with Crippen molar-refractivity contribution in [1.29, 1.82) is 0 Å². The smallest absolute Gasteiger partial charge is 0.328 e. The fourth-order valence-corrected chi connectivity index (χ4v) is 2.92. The van der Waals surface area contributed by atoms with Crippen molar-refractivity contribution in [3.63, 3.8) is 0 Å². The highest BCUT2D eigenvalue weighted by molar-refractivity contribution is 5.96. The zero-order chi connectivity index (χ0) is 31.2. The van der Waals surface area contributed by atoms with Crippen LogP contribution in [-0.2, 0) is 38.4 Å². The standard InChI is InChI=1S/C22H36N6O12/c1-9(17(34)24-11(3)19(36)28-15(8-30)22(39)40)23-18(35)10(2)25-20(37)13(5-6-16(32)33)27-21(38)14(7-29)26-12(4)31/h9-11,13-15,29-30H,5-8H2,1-4H3,(H,23,35)(H,24,34)(H,25,37)(H,26,31)(H,27,38)(H,28,36)(H,32,33)(H,39,40)/t9-,10-,11-,13-,14-,15-/m0/s1. The van der Waals surface area contributed by atoms with E-state index >= 15 is 0 Å². The van der Waals surface area contributed by atoms with Gasteiger partial charge in [-0.25, -0.2) is 4.79 Å². The van der Waals surface area contributed by atoms with Crippen LogP contribution in [-0.4, -0.2) is 117 Å². The molecule has 0 bridgehead atoms. The minimum atomic E-state index is -1.59. The number of hydrogen-bond donors (Lipinski definition) is 10. The molecule has 0 aromatic rings. The summed E-state index contributed by atoms with van der Waals surface area (Å²) in [6.45, 7) is 3.13. The Labute approximate surface area is 228 Å². The molecule has 0 aromatic heterocycles. The van der Waals surface area contributed by atoms with Gasteiger partial charge in [0.15, 0.2) is 0 Å². The molecule has 6 amide bonds. The number of aliphatic hydroxyl groups is 2. The number of aliphatic carboxylic acids is 2. The first-order chi connectivity index (χ1) is 18.5. The van der Waals surface area contributed by atoms with E-state index in [0.717, 1.165) is 6.92 Å². The molecule has 6 atom stereocenters. The summed E-state index contributed by atoms with van der Waals surface area (Å²) in [5.41, 5.74) is 0. The lowest BCUT2D eigenvalue weighted by Gasteiger charge is -2.24. The maximum Gasteiger partial charge on any atom is 0.328 e. The van der Waals surface area contributed by atoms with Crippen LogP contribution in [0.4, 0.5) is 0 Å². The molecular weight excluding hydrogens is 540 g/mol. The van der Waals surface area contributed by atoms with Gasteiger partial charge in [-0.15, -0.1) is 0 Å². The minimum Gasteiger partial charge on any atom is -0.481 e. The number of carbonyl (C=O) groups is 8. The lowest BCUT2D eigenvalue weighted by atomic mass is 10.1. The first-order valence-electron chi connectivity index (χ1n) is 12.0. The first kappa shape index (κ1) is 35.7. The van der Waals surface area contributed by atoms with E-state index in [1.165, 1.54) is 20.8 Å². The van der Waals surface area contributed by atoms with Crippen LogP contribution in [0, 0.1) is 0 Å². The highest BCUT2D eigenvalue weighted by Gasteiger charge is 2.30. The van der Waals surface area contributed by atoms with Crippen molar-refractivity contribution in [3.05, 3.63) is 0 Å². The average molecular weight is 577 g/mol. The summed E-state index contributed by atoms with van der Waals surface area (Å²) in [7, 11) is 0. The summed E-state index contributed by atoms with van der Waals surface area (Å²) in [6, 6.07) is -8.23. The van der Waals surface area contributed by atoms with Gasteiger partial charge in [0.1, 0.15) is 36.3 Å². The van der Waals surface area contributed by atoms with Crippen LogP contribution in [0.25, 0.3) is 0 Å². The summed E-state index contributed by atoms with van der Waals surface area (Å²) in [6.07, 6.45) is -0.936. The number of aliphatic hydroxyl groups excluding tert-OH is 2. The van der Waals surface area contributed by atoms with Gasteiger partial charge in [-0.1, -0.05) is 0 Å². The molecule has 0 rings (SSSR count). The SMILES string of the molecule is CC(=O)N[C@@H](CO)C(=O)N[C@@H](CCC(=O)O)C(=O)N[C@@H](C)C(=O)N[C@@H](C)C(=O)N[C@@H](C)C(=O)N[C@@H](CO)C(=O)O. The van der Waals surface area contributed by atoms with Crippen molar-refractivity contribution < 1.29 is 58.8 Å². The van der Waals surface area contributed by atoms with Gasteiger partial charge in [-0.2, -0.15) is 0 Å². The van der Waals surface area contributed by atoms with E-state index in [1.807, 2.05) is 5.32 Å². The number of amides is 6. The number of nitrogens with one attached hydrogen (secondary N) is 6. The third kappa shape index (κ3) is 13.0. The topological polar surface area (TPSA) is 290 Å². The molecule has 0 aliphatic rings. The van der Waals surface area contributed by atoms with Gasteiger partial charge < -0.3 is 52.3 Å². The lowest BCUT2D eigenvalue weighted by Crippen LogP contribution is -2.58. The maximum atomic E-state index is 12.7. The van der Waals surface area contributed by atoms with E-state index in [-0.39, 0.29) is 0 Å². The average Bonchev–Trinajstić information content (AvgIpc) is 2.86. The molecule has 0 aromatic carbocycles. The minimum absolute atomic E-state index is 0.392. The van der Waals surface area contributed by atoms with Crippen LogP contribution >= 0.6 is 0 Å². The fraction of sp³-hybridized carbons (Fsp3) is 0.636. The number of carboxylic acid groups (broad SMARTS) is 2. The predicted molar refractivity (Wildman–Crippen MR) is 133 cm³/mol. The van der Waals surface area contributed by atoms with E-state index in [0.29, 0.717) is 0 Å². The van der Waals surface area contributed by atoms with E-state index in [2.05, 4.69) is 26.6 Å². The molecule has 0 saturated heterocycles. The monoisotopic (exact) mass is 576 g/mol. The van der Waals surface area contributed by atoms with Crippen molar-refractivity contribution in [3.8, 4) is 0 Å². The summed E-state index contributed by atoms with van der Waals surface area (Å²) in [5, 5.41) is 49.3. The largest absolute Gasteiger partial charge is 0.481 e. The van der Waals surface area contributed by atoms with Crippen LogP contribution < -0.4 is 31.9 Å². The van der Waals surface area contributed by atoms with Gasteiger partial charge in [-0.05, 0) is 27.2 Å². The Morgan fingerprint density at radius 1 is 0.550 bits per heavy atom. The van der Waals surface area contributed by atoms with E-state index in [9.17, 15) is 43.5 Å². The molecule has 0 radical (unpaired) electrons. The molecule has 0 heterocycles. The summed E-state index contributed by atoms with van der Waals surface area (Å²) >= 11 is 0. The summed E-state index contributed by atoms with van der Waals surface area (Å²) in [5.74, 6) is -7.97. The Morgan fingerprint density at radius 3 is 1.30 bits per heavy atom. The van der Waals surface area contributed by atoms with Crippen LogP contribution in [0.1, 0.15) is 40.5 Å². The molecule has 0 spiro atoms. The quantitative estimate of drug-likeness (QED) is 0.0778. The van der Waals surface area contributed by atoms with Crippen molar-refractivity contribution in [2.45, 2.75) is 76.8 Å². The molecule has 10 N–H and O–H groups in total. The molecule has 0 saturated carbocycles. The van der Waals surface area contributed by atoms with E-state index in [1.54, 1.807) is 0 Å².